The molecular formula is C19H23N5O5. The Kier molecular flexibility index (Phi) is 6.32. The third-order valence-electron chi connectivity index (χ3n) is 4.14. The van der Waals surface area contributed by atoms with Gasteiger partial charge in [-0.2, -0.15) is 4.99 Å². The summed E-state index contributed by atoms with van der Waals surface area (Å²) >= 11 is 0. The minimum Gasteiger partial charge on any atom is -0.486 e. The van der Waals surface area contributed by atoms with Gasteiger partial charge in [-0.25, -0.2) is 4.98 Å². The maximum atomic E-state index is 12.3. The lowest BCUT2D eigenvalue weighted by Crippen LogP contribution is -2.23. The van der Waals surface area contributed by atoms with Crippen LogP contribution in [0.4, 0.5) is 11.6 Å². The van der Waals surface area contributed by atoms with Gasteiger partial charge in [0.1, 0.15) is 13.2 Å². The Morgan fingerprint density at radius 3 is 2.83 bits per heavy atom. The zero-order valence-electron chi connectivity index (χ0n) is 16.3. The van der Waals surface area contributed by atoms with E-state index in [4.69, 9.17) is 19.9 Å². The highest BCUT2D eigenvalue weighted by Gasteiger charge is 2.13. The molecule has 0 spiro atoms. The molecule has 29 heavy (non-hydrogen) atoms. The predicted octanol–water partition coefficient (Wildman–Crippen LogP) is 1.40. The average molecular weight is 401 g/mol. The normalized spacial score (nSPS) is 13.1. The average Bonchev–Trinajstić information content (AvgIpc) is 2.67. The minimum absolute atomic E-state index is 0.0449. The summed E-state index contributed by atoms with van der Waals surface area (Å²) in [6.45, 7) is 4.70. The molecule has 0 unspecified atom stereocenters. The van der Waals surface area contributed by atoms with Crippen LogP contribution in [0.15, 0.2) is 28.0 Å². The molecule has 0 aliphatic carbocycles. The van der Waals surface area contributed by atoms with Crippen LogP contribution in [0, 0.1) is 6.92 Å². The van der Waals surface area contributed by atoms with Crippen LogP contribution in [0.25, 0.3) is 0 Å². The number of aromatic amines is 1. The second-order valence-electron chi connectivity index (χ2n) is 6.24. The summed E-state index contributed by atoms with van der Waals surface area (Å²) in [5.41, 5.74) is 7.10. The van der Waals surface area contributed by atoms with Gasteiger partial charge >= 0.3 is 5.97 Å². The summed E-state index contributed by atoms with van der Waals surface area (Å²) < 4.78 is 15.9. The van der Waals surface area contributed by atoms with E-state index in [-0.39, 0.29) is 36.3 Å². The smallest absolute Gasteiger partial charge is 0.306 e. The van der Waals surface area contributed by atoms with E-state index in [0.29, 0.717) is 48.3 Å². The lowest BCUT2D eigenvalue weighted by atomic mass is 10.1. The van der Waals surface area contributed by atoms with Crippen molar-refractivity contribution in [2.24, 2.45) is 10.7 Å². The number of aliphatic imine (C=N–C) groups is 1. The molecule has 1 aliphatic rings. The number of guanidine groups is 1. The minimum atomic E-state index is -0.368. The number of nitrogens with one attached hydrogen (secondary N) is 2. The molecule has 0 saturated carbocycles. The second kappa shape index (κ2) is 9.09. The van der Waals surface area contributed by atoms with Gasteiger partial charge in [0.15, 0.2) is 11.5 Å². The molecule has 0 bridgehead atoms. The second-order valence-corrected chi connectivity index (χ2v) is 6.24. The Balaban J connectivity index is 1.71. The molecule has 1 aliphatic heterocycles. The highest BCUT2D eigenvalue weighted by Crippen LogP contribution is 2.32. The van der Waals surface area contributed by atoms with Crippen molar-refractivity contribution in [2.45, 2.75) is 26.7 Å². The molecule has 0 atom stereocenters. The van der Waals surface area contributed by atoms with Crippen molar-refractivity contribution in [3.05, 3.63) is 39.8 Å². The number of aromatic nitrogens is 2. The summed E-state index contributed by atoms with van der Waals surface area (Å²) in [6.07, 6.45) is 0.345. The summed E-state index contributed by atoms with van der Waals surface area (Å²) in [5, 5.41) is 2.92. The van der Waals surface area contributed by atoms with Crippen LogP contribution in [-0.4, -0.2) is 41.7 Å². The third kappa shape index (κ3) is 5.24. The Morgan fingerprint density at radius 1 is 1.34 bits per heavy atom. The molecule has 0 saturated heterocycles. The van der Waals surface area contributed by atoms with E-state index in [1.807, 2.05) is 0 Å². The van der Waals surface area contributed by atoms with Crippen LogP contribution in [0.1, 0.15) is 24.6 Å². The molecule has 0 fully saturated rings. The van der Waals surface area contributed by atoms with Crippen LogP contribution in [0.3, 0.4) is 0 Å². The molecule has 1 aromatic heterocycles. The summed E-state index contributed by atoms with van der Waals surface area (Å²) in [4.78, 5) is 34.7. The summed E-state index contributed by atoms with van der Waals surface area (Å²) in [7, 11) is 0. The van der Waals surface area contributed by atoms with Gasteiger partial charge in [0.05, 0.1) is 12.3 Å². The van der Waals surface area contributed by atoms with Gasteiger partial charge in [-0.15, -0.1) is 0 Å². The maximum Gasteiger partial charge on any atom is 0.306 e. The van der Waals surface area contributed by atoms with E-state index in [1.165, 1.54) is 0 Å². The first-order valence-corrected chi connectivity index (χ1v) is 9.22. The quantitative estimate of drug-likeness (QED) is 0.375. The number of fused-ring (bicyclic) bond motifs is 1. The predicted molar refractivity (Wildman–Crippen MR) is 107 cm³/mol. The highest BCUT2D eigenvalue weighted by molar-refractivity contribution is 5.93. The Labute approximate surface area is 167 Å². The zero-order valence-corrected chi connectivity index (χ0v) is 16.3. The fourth-order valence-corrected chi connectivity index (χ4v) is 2.81. The zero-order chi connectivity index (χ0) is 20.8. The number of hydrogen-bond donors (Lipinski definition) is 3. The van der Waals surface area contributed by atoms with Crippen molar-refractivity contribution in [2.75, 3.05) is 25.1 Å². The first-order chi connectivity index (χ1) is 14.0. The molecule has 10 heteroatoms. The Morgan fingerprint density at radius 2 is 2.10 bits per heavy atom. The number of benzene rings is 1. The number of hydrogen-bond acceptors (Lipinski definition) is 7. The van der Waals surface area contributed by atoms with E-state index in [2.05, 4.69) is 20.3 Å². The number of nitrogens with two attached hydrogens (primary N) is 1. The standard InChI is InChI=1S/C19H23N5O5/c1-3-27-16(25)7-5-13-11(2)21-19(23-17(13)26)24-18(20)22-12-4-6-14-15(10-12)29-9-8-28-14/h4,6,10H,3,5,7-9H2,1-2H3,(H4,20,21,22,23,24,26). The topological polar surface area (TPSA) is 141 Å². The monoisotopic (exact) mass is 401 g/mol. The molecule has 3 rings (SSSR count). The number of esters is 1. The molecule has 4 N–H and O–H groups in total. The Bertz CT molecular complexity index is 985. The van der Waals surface area contributed by atoms with E-state index >= 15 is 0 Å². The molecule has 0 amide bonds. The molecule has 2 aromatic rings. The number of rotatable bonds is 6. The summed E-state index contributed by atoms with van der Waals surface area (Å²) in [5.74, 6) is 1.03. The Hall–Kier alpha value is -3.56. The highest BCUT2D eigenvalue weighted by atomic mass is 16.6. The lowest BCUT2D eigenvalue weighted by Gasteiger charge is -2.19. The van der Waals surface area contributed by atoms with E-state index in [1.54, 1.807) is 32.0 Å². The first kappa shape index (κ1) is 20.2. The van der Waals surface area contributed by atoms with Crippen molar-refractivity contribution >= 4 is 23.6 Å². The van der Waals surface area contributed by atoms with Crippen molar-refractivity contribution < 1.29 is 19.0 Å². The molecule has 10 nitrogen and oxygen atoms in total. The number of H-pyrrole nitrogens is 1. The SMILES string of the molecule is CCOC(=O)CCc1c(C)nc(N=C(N)Nc2ccc3c(c2)OCCO3)[nH]c1=O. The van der Waals surface area contributed by atoms with Crippen LogP contribution in [0.2, 0.25) is 0 Å². The molecular weight excluding hydrogens is 378 g/mol. The molecule has 0 radical (unpaired) electrons. The van der Waals surface area contributed by atoms with Crippen molar-refractivity contribution in [3.63, 3.8) is 0 Å². The fourth-order valence-electron chi connectivity index (χ4n) is 2.81. The van der Waals surface area contributed by atoms with Gasteiger partial charge in [0.2, 0.25) is 11.9 Å². The van der Waals surface area contributed by atoms with Crippen LogP contribution in [-0.2, 0) is 16.0 Å². The number of carbonyl (C=O) groups is 1. The summed E-state index contributed by atoms with van der Waals surface area (Å²) in [6, 6.07) is 5.29. The van der Waals surface area contributed by atoms with Gasteiger partial charge in [-0.05, 0) is 32.4 Å². The van der Waals surface area contributed by atoms with Gasteiger partial charge < -0.3 is 25.3 Å². The molecule has 154 valence electrons. The van der Waals surface area contributed by atoms with Crippen LogP contribution in [0.5, 0.6) is 11.5 Å². The van der Waals surface area contributed by atoms with E-state index in [0.717, 1.165) is 0 Å². The molecule has 2 heterocycles. The van der Waals surface area contributed by atoms with Crippen molar-refractivity contribution in [3.8, 4) is 11.5 Å². The largest absolute Gasteiger partial charge is 0.486 e. The number of nitrogens with zero attached hydrogens (tertiary/aromatic N) is 2. The maximum absolute atomic E-state index is 12.3. The van der Waals surface area contributed by atoms with E-state index < -0.39 is 0 Å². The van der Waals surface area contributed by atoms with Gasteiger partial charge in [0, 0.05) is 23.7 Å². The fraction of sp³-hybridized carbons (Fsp3) is 0.368. The van der Waals surface area contributed by atoms with E-state index in [9.17, 15) is 9.59 Å². The first-order valence-electron chi connectivity index (χ1n) is 9.22. The molecule has 1 aromatic carbocycles. The number of ether oxygens (including phenoxy) is 3. The number of anilines is 1. The number of aryl methyl sites for hydroxylation is 1. The van der Waals surface area contributed by atoms with Crippen molar-refractivity contribution in [1.82, 2.24) is 9.97 Å². The lowest BCUT2D eigenvalue weighted by molar-refractivity contribution is -0.143. The van der Waals surface area contributed by atoms with Crippen LogP contribution < -0.4 is 26.1 Å². The van der Waals surface area contributed by atoms with Crippen molar-refractivity contribution in [1.29, 1.82) is 0 Å². The van der Waals surface area contributed by atoms with Crippen LogP contribution >= 0.6 is 0 Å². The van der Waals surface area contributed by atoms with Gasteiger partial charge in [-0.1, -0.05) is 0 Å². The third-order valence-corrected chi connectivity index (χ3v) is 4.14. The van der Waals surface area contributed by atoms with Gasteiger partial charge in [0.25, 0.3) is 5.56 Å². The number of carbonyl (C=O) groups excluding carboxylic acids is 1. The van der Waals surface area contributed by atoms with Gasteiger partial charge in [-0.3, -0.25) is 14.6 Å².